The first-order chi connectivity index (χ1) is 6.22. The lowest BCUT2D eigenvalue weighted by Gasteiger charge is -2.00. The van der Waals surface area contributed by atoms with Gasteiger partial charge in [-0.3, -0.25) is 0 Å². The number of benzene rings is 1. The van der Waals surface area contributed by atoms with Gasteiger partial charge in [-0.05, 0) is 25.1 Å². The molecular formula is C9H10FN3. The fourth-order valence-electron chi connectivity index (χ4n) is 1.45. The summed E-state index contributed by atoms with van der Waals surface area (Å²) in [5.74, 6) is 0.171. The van der Waals surface area contributed by atoms with E-state index in [9.17, 15) is 4.39 Å². The molecule has 0 radical (unpaired) electrons. The van der Waals surface area contributed by atoms with Crippen molar-refractivity contribution in [3.05, 3.63) is 24.0 Å². The molecule has 3 nitrogen and oxygen atoms in total. The minimum Gasteiger partial charge on any atom is -0.369 e. The van der Waals surface area contributed by atoms with E-state index in [0.717, 1.165) is 11.0 Å². The highest BCUT2D eigenvalue weighted by Gasteiger charge is 2.06. The van der Waals surface area contributed by atoms with Gasteiger partial charge in [0.25, 0.3) is 0 Å². The number of halogens is 1. The first kappa shape index (κ1) is 8.04. The fraction of sp³-hybridized carbons (Fsp3) is 0.222. The summed E-state index contributed by atoms with van der Waals surface area (Å²) in [4.78, 5) is 4.10. The minimum absolute atomic E-state index is 0.262. The molecule has 2 aromatic rings. The molecule has 0 aliphatic carbocycles. The number of rotatable bonds is 1. The predicted molar refractivity (Wildman–Crippen MR) is 49.8 cm³/mol. The molecule has 1 aromatic carbocycles. The highest BCUT2D eigenvalue weighted by molar-refractivity contribution is 5.78. The molecule has 0 saturated carbocycles. The second kappa shape index (κ2) is 2.73. The first-order valence-corrected chi connectivity index (χ1v) is 4.13. The molecule has 2 rings (SSSR count). The minimum atomic E-state index is -0.262. The predicted octanol–water partition coefficient (Wildman–Crippen LogP) is 1.78. The number of hydrogen-bond donors (Lipinski definition) is 1. The average Bonchev–Trinajstić information content (AvgIpc) is 2.40. The van der Waals surface area contributed by atoms with E-state index >= 15 is 0 Å². The molecular weight excluding hydrogens is 169 g/mol. The summed E-state index contributed by atoms with van der Waals surface area (Å²) < 4.78 is 14.7. The summed E-state index contributed by atoms with van der Waals surface area (Å²) >= 11 is 0. The Labute approximate surface area is 75.0 Å². The van der Waals surface area contributed by atoms with Crippen molar-refractivity contribution in [2.45, 2.75) is 13.5 Å². The van der Waals surface area contributed by atoms with Gasteiger partial charge in [0.05, 0.1) is 11.0 Å². The van der Waals surface area contributed by atoms with Crippen LogP contribution < -0.4 is 5.73 Å². The quantitative estimate of drug-likeness (QED) is 0.725. The van der Waals surface area contributed by atoms with Crippen molar-refractivity contribution in [3.8, 4) is 0 Å². The lowest BCUT2D eigenvalue weighted by molar-refractivity contribution is 0.628. The summed E-state index contributed by atoms with van der Waals surface area (Å²) in [6.45, 7) is 2.65. The van der Waals surface area contributed by atoms with Gasteiger partial charge in [0.2, 0.25) is 5.95 Å². The van der Waals surface area contributed by atoms with Crippen molar-refractivity contribution in [2.24, 2.45) is 0 Å². The Balaban J connectivity index is 2.80. The molecule has 0 unspecified atom stereocenters. The molecule has 2 N–H and O–H groups in total. The van der Waals surface area contributed by atoms with Gasteiger partial charge < -0.3 is 10.3 Å². The van der Waals surface area contributed by atoms with Crippen LogP contribution in [0.25, 0.3) is 11.0 Å². The third-order valence-electron chi connectivity index (χ3n) is 2.06. The van der Waals surface area contributed by atoms with Crippen molar-refractivity contribution in [3.63, 3.8) is 0 Å². The Morgan fingerprint density at radius 3 is 3.00 bits per heavy atom. The van der Waals surface area contributed by atoms with Gasteiger partial charge in [-0.2, -0.15) is 0 Å². The second-order valence-electron chi connectivity index (χ2n) is 2.85. The zero-order chi connectivity index (χ0) is 9.42. The van der Waals surface area contributed by atoms with Crippen LogP contribution in [0.5, 0.6) is 0 Å². The van der Waals surface area contributed by atoms with E-state index in [2.05, 4.69) is 4.98 Å². The Bertz CT molecular complexity index is 447. The number of nitrogens with zero attached hydrogens (tertiary/aromatic N) is 2. The molecule has 0 fully saturated rings. The standard InChI is InChI=1S/C9H10FN3/c1-2-13-8-5-6(10)3-4-7(8)12-9(13)11/h3-5H,2H2,1H3,(H2,11,12). The molecule has 1 aromatic heterocycles. The van der Waals surface area contributed by atoms with E-state index in [4.69, 9.17) is 5.73 Å². The number of nitrogens with two attached hydrogens (primary N) is 1. The molecule has 68 valence electrons. The molecule has 0 bridgehead atoms. The van der Waals surface area contributed by atoms with Gasteiger partial charge in [0.1, 0.15) is 5.82 Å². The summed E-state index contributed by atoms with van der Waals surface area (Å²) in [5, 5.41) is 0. The van der Waals surface area contributed by atoms with Crippen LogP contribution in [0.3, 0.4) is 0 Å². The summed E-state index contributed by atoms with van der Waals surface area (Å²) in [6, 6.07) is 4.46. The monoisotopic (exact) mass is 179 g/mol. The van der Waals surface area contributed by atoms with E-state index in [0.29, 0.717) is 12.5 Å². The van der Waals surface area contributed by atoms with Crippen LogP contribution in [-0.2, 0) is 6.54 Å². The van der Waals surface area contributed by atoms with Crippen LogP contribution in [0.1, 0.15) is 6.92 Å². The first-order valence-electron chi connectivity index (χ1n) is 4.13. The van der Waals surface area contributed by atoms with Crippen molar-refractivity contribution >= 4 is 17.0 Å². The highest BCUT2D eigenvalue weighted by atomic mass is 19.1. The Morgan fingerprint density at radius 2 is 2.31 bits per heavy atom. The van der Waals surface area contributed by atoms with Gasteiger partial charge in [-0.15, -0.1) is 0 Å². The topological polar surface area (TPSA) is 43.8 Å². The SMILES string of the molecule is CCn1c(N)nc2ccc(F)cc21. The molecule has 0 atom stereocenters. The zero-order valence-corrected chi connectivity index (χ0v) is 7.29. The smallest absolute Gasteiger partial charge is 0.201 e. The molecule has 0 spiro atoms. The maximum Gasteiger partial charge on any atom is 0.201 e. The Hall–Kier alpha value is -1.58. The van der Waals surface area contributed by atoms with Gasteiger partial charge in [-0.25, -0.2) is 9.37 Å². The van der Waals surface area contributed by atoms with E-state index in [1.54, 1.807) is 10.6 Å². The van der Waals surface area contributed by atoms with Crippen LogP contribution in [0.2, 0.25) is 0 Å². The highest BCUT2D eigenvalue weighted by Crippen LogP contribution is 2.18. The van der Waals surface area contributed by atoms with Gasteiger partial charge >= 0.3 is 0 Å². The molecule has 0 aliphatic rings. The van der Waals surface area contributed by atoms with Crippen LogP contribution in [0, 0.1) is 5.82 Å². The van der Waals surface area contributed by atoms with E-state index < -0.39 is 0 Å². The van der Waals surface area contributed by atoms with Crippen LogP contribution in [0.15, 0.2) is 18.2 Å². The Kier molecular flexibility index (Phi) is 1.69. The number of aromatic nitrogens is 2. The number of aryl methyl sites for hydroxylation is 1. The van der Waals surface area contributed by atoms with Crippen molar-refractivity contribution < 1.29 is 4.39 Å². The Morgan fingerprint density at radius 1 is 1.54 bits per heavy atom. The lowest BCUT2D eigenvalue weighted by Crippen LogP contribution is -2.00. The molecule has 0 saturated heterocycles. The van der Waals surface area contributed by atoms with Crippen LogP contribution in [0.4, 0.5) is 10.3 Å². The summed E-state index contributed by atoms with van der Waals surface area (Å²) in [5.41, 5.74) is 7.13. The summed E-state index contributed by atoms with van der Waals surface area (Å²) in [6.07, 6.45) is 0. The number of anilines is 1. The third-order valence-corrected chi connectivity index (χ3v) is 2.06. The zero-order valence-electron chi connectivity index (χ0n) is 7.29. The van der Waals surface area contributed by atoms with Crippen molar-refractivity contribution in [1.29, 1.82) is 0 Å². The molecule has 0 aliphatic heterocycles. The molecule has 4 heteroatoms. The molecule has 0 amide bonds. The second-order valence-corrected chi connectivity index (χ2v) is 2.85. The van der Waals surface area contributed by atoms with E-state index in [1.165, 1.54) is 12.1 Å². The van der Waals surface area contributed by atoms with Crippen molar-refractivity contribution in [2.75, 3.05) is 5.73 Å². The van der Waals surface area contributed by atoms with E-state index in [-0.39, 0.29) is 5.82 Å². The van der Waals surface area contributed by atoms with E-state index in [1.807, 2.05) is 6.92 Å². The molecule has 13 heavy (non-hydrogen) atoms. The van der Waals surface area contributed by atoms with Crippen LogP contribution in [-0.4, -0.2) is 9.55 Å². The van der Waals surface area contributed by atoms with Gasteiger partial charge in [0, 0.05) is 6.54 Å². The maximum atomic E-state index is 12.9. The number of fused-ring (bicyclic) bond motifs is 1. The average molecular weight is 179 g/mol. The fourth-order valence-corrected chi connectivity index (χ4v) is 1.45. The largest absolute Gasteiger partial charge is 0.369 e. The van der Waals surface area contributed by atoms with Crippen LogP contribution >= 0.6 is 0 Å². The molecule has 1 heterocycles. The number of imidazole rings is 1. The summed E-state index contributed by atoms with van der Waals surface area (Å²) in [7, 11) is 0. The lowest BCUT2D eigenvalue weighted by atomic mass is 10.3. The normalized spacial score (nSPS) is 10.9. The maximum absolute atomic E-state index is 12.9. The van der Waals surface area contributed by atoms with Gasteiger partial charge in [0.15, 0.2) is 0 Å². The number of nitrogen functional groups attached to an aromatic ring is 1. The third kappa shape index (κ3) is 1.14. The number of hydrogen-bond acceptors (Lipinski definition) is 2. The van der Waals surface area contributed by atoms with Gasteiger partial charge in [-0.1, -0.05) is 0 Å². The van der Waals surface area contributed by atoms with Crippen molar-refractivity contribution in [1.82, 2.24) is 9.55 Å².